The summed E-state index contributed by atoms with van der Waals surface area (Å²) >= 11 is 13.2. The van der Waals surface area contributed by atoms with E-state index in [1.54, 1.807) is 36.4 Å². The predicted octanol–water partition coefficient (Wildman–Crippen LogP) is 5.94. The quantitative estimate of drug-likeness (QED) is 0.325. The second-order valence-corrected chi connectivity index (χ2v) is 8.95. The summed E-state index contributed by atoms with van der Waals surface area (Å²) in [7, 11) is 0. The van der Waals surface area contributed by atoms with E-state index in [-0.39, 0.29) is 16.5 Å². The molecule has 0 bridgehead atoms. The smallest absolute Gasteiger partial charge is 0.294 e. The lowest BCUT2D eigenvalue weighted by Crippen LogP contribution is -2.36. The first-order valence-electron chi connectivity index (χ1n) is 10.2. The number of aryl methyl sites for hydroxylation is 1. The van der Waals surface area contributed by atoms with E-state index in [1.807, 2.05) is 13.8 Å². The van der Waals surface area contributed by atoms with E-state index in [9.17, 15) is 14.4 Å². The maximum absolute atomic E-state index is 12.8. The van der Waals surface area contributed by atoms with Crippen LogP contribution in [0.1, 0.15) is 18.1 Å². The van der Waals surface area contributed by atoms with E-state index < -0.39 is 23.6 Å². The first-order valence-corrected chi connectivity index (χ1v) is 11.8. The van der Waals surface area contributed by atoms with E-state index in [4.69, 9.17) is 32.7 Å². The zero-order valence-corrected chi connectivity index (χ0v) is 20.9. The molecule has 3 rings (SSSR count). The molecule has 0 aliphatic carbocycles. The average Bonchev–Trinajstić information content (AvgIpc) is 3.03. The highest BCUT2D eigenvalue weighted by atomic mass is 35.5. The van der Waals surface area contributed by atoms with E-state index in [0.717, 1.165) is 22.2 Å². The highest BCUT2D eigenvalue weighted by molar-refractivity contribution is 8.18. The number of thioether (sulfide) groups is 1. The molecular weight excluding hydrogens is 499 g/mol. The molecular formula is C24H22Cl2N2O5S. The number of nitrogens with zero attached hydrogens (tertiary/aromatic N) is 1. The number of anilines is 1. The second-order valence-electron chi connectivity index (χ2n) is 7.14. The van der Waals surface area contributed by atoms with Gasteiger partial charge in [-0.05, 0) is 67.1 Å². The molecule has 0 spiro atoms. The largest absolute Gasteiger partial charge is 0.490 e. The Labute approximate surface area is 211 Å². The fourth-order valence-corrected chi connectivity index (χ4v) is 4.31. The zero-order chi connectivity index (χ0) is 24.8. The highest BCUT2D eigenvalue weighted by Crippen LogP contribution is 2.39. The van der Waals surface area contributed by atoms with Gasteiger partial charge in [-0.2, -0.15) is 0 Å². The van der Waals surface area contributed by atoms with Gasteiger partial charge in [0.25, 0.3) is 11.1 Å². The Balaban J connectivity index is 1.76. The van der Waals surface area contributed by atoms with Crippen molar-refractivity contribution < 1.29 is 23.9 Å². The number of carbonyl (C=O) groups is 3. The fourth-order valence-electron chi connectivity index (χ4n) is 3.02. The average molecular weight is 521 g/mol. The van der Waals surface area contributed by atoms with Crippen molar-refractivity contribution in [3.63, 3.8) is 0 Å². The molecule has 1 N–H and O–H groups in total. The summed E-state index contributed by atoms with van der Waals surface area (Å²) in [6.07, 6.45) is 3.10. The number of imide groups is 1. The van der Waals surface area contributed by atoms with Crippen molar-refractivity contribution >= 4 is 63.8 Å². The molecule has 178 valence electrons. The molecule has 0 saturated carbocycles. The Kier molecular flexibility index (Phi) is 8.66. The number of hydrogen-bond acceptors (Lipinski definition) is 6. The van der Waals surface area contributed by atoms with Gasteiger partial charge >= 0.3 is 0 Å². The number of hydrogen-bond donors (Lipinski definition) is 1. The minimum atomic E-state index is -0.576. The molecule has 34 heavy (non-hydrogen) atoms. The summed E-state index contributed by atoms with van der Waals surface area (Å²) in [5.41, 5.74) is 1.88. The van der Waals surface area contributed by atoms with E-state index >= 15 is 0 Å². The lowest BCUT2D eigenvalue weighted by molar-refractivity contribution is -0.127. The van der Waals surface area contributed by atoms with Crippen LogP contribution in [0.15, 0.2) is 47.9 Å². The van der Waals surface area contributed by atoms with Crippen LogP contribution in [0.25, 0.3) is 6.08 Å². The molecule has 1 aliphatic heterocycles. The Morgan fingerprint density at radius 2 is 1.94 bits per heavy atom. The molecule has 0 aromatic heterocycles. The molecule has 0 unspecified atom stereocenters. The van der Waals surface area contributed by atoms with Gasteiger partial charge in [0.1, 0.15) is 13.2 Å². The van der Waals surface area contributed by atoms with Gasteiger partial charge in [0.15, 0.2) is 11.5 Å². The van der Waals surface area contributed by atoms with Gasteiger partial charge in [-0.1, -0.05) is 41.9 Å². The summed E-state index contributed by atoms with van der Waals surface area (Å²) in [5.74, 6) is -0.331. The minimum absolute atomic E-state index is 0.162. The Bertz CT molecular complexity index is 1180. The molecule has 1 fully saturated rings. The molecule has 2 aromatic rings. The lowest BCUT2D eigenvalue weighted by Gasteiger charge is -2.14. The Hall–Kier alpha value is -2.94. The number of amides is 3. The third kappa shape index (κ3) is 6.14. The van der Waals surface area contributed by atoms with Crippen LogP contribution in [0.2, 0.25) is 10.0 Å². The maximum atomic E-state index is 12.8. The molecule has 0 radical (unpaired) electrons. The van der Waals surface area contributed by atoms with Crippen molar-refractivity contribution in [2.45, 2.75) is 13.8 Å². The third-order valence-electron chi connectivity index (χ3n) is 4.61. The van der Waals surface area contributed by atoms with Crippen LogP contribution in [0.5, 0.6) is 11.5 Å². The Morgan fingerprint density at radius 3 is 2.62 bits per heavy atom. The number of benzene rings is 2. The number of rotatable bonds is 9. The monoisotopic (exact) mass is 520 g/mol. The van der Waals surface area contributed by atoms with Gasteiger partial charge in [0.2, 0.25) is 5.91 Å². The van der Waals surface area contributed by atoms with Crippen molar-refractivity contribution in [3.8, 4) is 11.5 Å². The SMILES string of the molecule is C=CCOc1c(Cl)cc(/C=C2/SC(=O)N(CC(=O)Nc3ccc(C)c(Cl)c3)C2=O)cc1OCC. The molecule has 2 aromatic carbocycles. The van der Waals surface area contributed by atoms with E-state index in [0.29, 0.717) is 34.4 Å². The molecule has 3 amide bonds. The maximum Gasteiger partial charge on any atom is 0.294 e. The van der Waals surface area contributed by atoms with Crippen LogP contribution in [0.4, 0.5) is 10.5 Å². The number of halogens is 2. The van der Waals surface area contributed by atoms with Crippen LogP contribution >= 0.6 is 35.0 Å². The topological polar surface area (TPSA) is 84.9 Å². The van der Waals surface area contributed by atoms with Gasteiger partial charge in [-0.3, -0.25) is 19.3 Å². The van der Waals surface area contributed by atoms with Gasteiger partial charge in [0.05, 0.1) is 16.5 Å². The first kappa shape index (κ1) is 25.7. The van der Waals surface area contributed by atoms with Crippen molar-refractivity contribution in [2.75, 3.05) is 25.1 Å². The number of carbonyl (C=O) groups excluding carboxylic acids is 3. The summed E-state index contributed by atoms with van der Waals surface area (Å²) in [4.78, 5) is 38.7. The summed E-state index contributed by atoms with van der Waals surface area (Å²) in [5, 5.41) is 2.88. The third-order valence-corrected chi connectivity index (χ3v) is 6.20. The normalized spacial score (nSPS) is 14.5. The summed E-state index contributed by atoms with van der Waals surface area (Å²) in [6, 6.07) is 8.32. The molecule has 0 atom stereocenters. The molecule has 10 heteroatoms. The lowest BCUT2D eigenvalue weighted by atomic mass is 10.1. The van der Waals surface area contributed by atoms with Crippen LogP contribution in [0.3, 0.4) is 0 Å². The molecule has 1 aliphatic rings. The highest BCUT2D eigenvalue weighted by Gasteiger charge is 2.36. The van der Waals surface area contributed by atoms with E-state index in [1.165, 1.54) is 6.08 Å². The summed E-state index contributed by atoms with van der Waals surface area (Å²) < 4.78 is 11.2. The standard InChI is InChI=1S/C24H22Cl2N2O5S/c1-4-8-33-22-18(26)9-15(10-19(22)32-5-2)11-20-23(30)28(24(31)34-20)13-21(29)27-16-7-6-14(3)17(25)12-16/h4,6-7,9-12H,1,5,8,13H2,2-3H3,(H,27,29)/b20-11+. The van der Waals surface area contributed by atoms with Crippen LogP contribution in [-0.4, -0.2) is 41.7 Å². The van der Waals surface area contributed by atoms with Gasteiger partial charge in [0, 0.05) is 10.7 Å². The molecule has 7 nitrogen and oxygen atoms in total. The van der Waals surface area contributed by atoms with Crippen LogP contribution in [-0.2, 0) is 9.59 Å². The van der Waals surface area contributed by atoms with Crippen LogP contribution in [0, 0.1) is 6.92 Å². The minimum Gasteiger partial charge on any atom is -0.490 e. The zero-order valence-electron chi connectivity index (χ0n) is 18.5. The Morgan fingerprint density at radius 1 is 1.18 bits per heavy atom. The fraction of sp³-hybridized carbons (Fsp3) is 0.208. The predicted molar refractivity (Wildman–Crippen MR) is 136 cm³/mol. The van der Waals surface area contributed by atoms with Crippen molar-refractivity contribution in [1.82, 2.24) is 4.90 Å². The van der Waals surface area contributed by atoms with Gasteiger partial charge in [-0.25, -0.2) is 0 Å². The number of ether oxygens (including phenoxy) is 2. The molecule has 1 saturated heterocycles. The van der Waals surface area contributed by atoms with Gasteiger partial charge in [-0.15, -0.1) is 0 Å². The first-order chi connectivity index (χ1) is 16.2. The summed E-state index contributed by atoms with van der Waals surface area (Å²) in [6.45, 7) is 7.47. The second kappa shape index (κ2) is 11.5. The van der Waals surface area contributed by atoms with Crippen molar-refractivity contribution in [2.24, 2.45) is 0 Å². The van der Waals surface area contributed by atoms with Crippen molar-refractivity contribution in [1.29, 1.82) is 0 Å². The van der Waals surface area contributed by atoms with Crippen molar-refractivity contribution in [3.05, 3.63) is 69.1 Å². The van der Waals surface area contributed by atoms with Crippen LogP contribution < -0.4 is 14.8 Å². The number of nitrogens with one attached hydrogen (secondary N) is 1. The molecule has 1 heterocycles. The van der Waals surface area contributed by atoms with E-state index in [2.05, 4.69) is 11.9 Å². The van der Waals surface area contributed by atoms with Gasteiger partial charge < -0.3 is 14.8 Å².